The monoisotopic (exact) mass is 280 g/mol. The number of carbonyl (C=O) groups is 1. The normalized spacial score (nSPS) is 16.3. The zero-order valence-corrected chi connectivity index (χ0v) is 11.4. The van der Waals surface area contributed by atoms with Crippen molar-refractivity contribution in [2.75, 3.05) is 18.4 Å². The van der Waals surface area contributed by atoms with Crippen molar-refractivity contribution in [3.05, 3.63) is 29.3 Å². The number of likely N-dealkylation sites (tertiary alicyclic amines) is 1. The molecule has 0 unspecified atom stereocenters. The number of hydrogen-bond donors (Lipinski definition) is 2. The molecule has 1 aromatic rings. The molecule has 1 aliphatic rings. The zero-order valence-electron chi connectivity index (χ0n) is 10.6. The van der Waals surface area contributed by atoms with Gasteiger partial charge in [0.25, 0.3) is 0 Å². The van der Waals surface area contributed by atoms with Crippen LogP contribution in [0, 0.1) is 0 Å². The first-order chi connectivity index (χ1) is 9.15. The number of piperidine rings is 1. The largest absolute Gasteiger partial charge is 0.369 e. The number of nitrogens with zero attached hydrogens (tertiary/aromatic N) is 2. The third kappa shape index (κ3) is 4.13. The number of guanidine groups is 1. The number of amides is 2. The highest BCUT2D eigenvalue weighted by Gasteiger charge is 2.13. The number of anilines is 1. The second-order valence-electron chi connectivity index (χ2n) is 4.45. The van der Waals surface area contributed by atoms with Crippen molar-refractivity contribution in [1.29, 1.82) is 0 Å². The first-order valence-electron chi connectivity index (χ1n) is 6.31. The number of rotatable bonds is 1. The van der Waals surface area contributed by atoms with Crippen molar-refractivity contribution in [1.82, 2.24) is 4.90 Å². The number of benzene rings is 1. The van der Waals surface area contributed by atoms with E-state index in [2.05, 4.69) is 10.3 Å². The van der Waals surface area contributed by atoms with E-state index < -0.39 is 6.03 Å². The summed E-state index contributed by atoms with van der Waals surface area (Å²) in [4.78, 5) is 17.5. The average molecular weight is 281 g/mol. The molecule has 0 saturated carbocycles. The fraction of sp³-hybridized carbons (Fsp3) is 0.385. The molecule has 1 heterocycles. The van der Waals surface area contributed by atoms with E-state index in [1.165, 1.54) is 6.42 Å². The molecular weight excluding hydrogens is 264 g/mol. The molecule has 19 heavy (non-hydrogen) atoms. The maximum absolute atomic E-state index is 11.7. The van der Waals surface area contributed by atoms with Gasteiger partial charge in [0.1, 0.15) is 0 Å². The van der Waals surface area contributed by atoms with Gasteiger partial charge in [-0.1, -0.05) is 11.6 Å². The van der Waals surface area contributed by atoms with Gasteiger partial charge >= 0.3 is 6.03 Å². The molecule has 1 aromatic carbocycles. The van der Waals surface area contributed by atoms with Crippen LogP contribution in [-0.2, 0) is 0 Å². The molecule has 102 valence electrons. The summed E-state index contributed by atoms with van der Waals surface area (Å²) in [6.45, 7) is 1.73. The molecule has 1 fully saturated rings. The van der Waals surface area contributed by atoms with Crippen molar-refractivity contribution in [2.45, 2.75) is 19.3 Å². The van der Waals surface area contributed by atoms with Crippen LogP contribution in [-0.4, -0.2) is 30.0 Å². The number of aliphatic imine (C=N–C) groups is 1. The number of carbonyl (C=O) groups excluding carboxylic acids is 1. The maximum Gasteiger partial charge on any atom is 0.348 e. The van der Waals surface area contributed by atoms with Crippen LogP contribution in [0.2, 0.25) is 5.02 Å². The van der Waals surface area contributed by atoms with Crippen LogP contribution in [0.1, 0.15) is 19.3 Å². The van der Waals surface area contributed by atoms with Crippen LogP contribution in [0.4, 0.5) is 10.5 Å². The smallest absolute Gasteiger partial charge is 0.348 e. The molecular formula is C13H17ClN4O. The first kappa shape index (κ1) is 13.7. The average Bonchev–Trinajstić information content (AvgIpc) is 2.42. The van der Waals surface area contributed by atoms with Crippen LogP contribution in [0.25, 0.3) is 0 Å². The summed E-state index contributed by atoms with van der Waals surface area (Å²) in [7, 11) is 0. The lowest BCUT2D eigenvalue weighted by Gasteiger charge is -2.27. The molecule has 0 aliphatic carbocycles. The van der Waals surface area contributed by atoms with Crippen LogP contribution in [0.15, 0.2) is 29.3 Å². The van der Waals surface area contributed by atoms with Gasteiger partial charge in [0.15, 0.2) is 0 Å². The molecule has 0 radical (unpaired) electrons. The fourth-order valence-electron chi connectivity index (χ4n) is 1.98. The van der Waals surface area contributed by atoms with Crippen LogP contribution in [0.3, 0.4) is 0 Å². The first-order valence-corrected chi connectivity index (χ1v) is 6.68. The quantitative estimate of drug-likeness (QED) is 0.614. The van der Waals surface area contributed by atoms with E-state index >= 15 is 0 Å². The summed E-state index contributed by atoms with van der Waals surface area (Å²) < 4.78 is 0. The fourth-order valence-corrected chi connectivity index (χ4v) is 2.11. The molecule has 2 rings (SSSR count). The molecule has 3 N–H and O–H groups in total. The summed E-state index contributed by atoms with van der Waals surface area (Å²) in [5.41, 5.74) is 6.46. The Balaban J connectivity index is 1.93. The van der Waals surface area contributed by atoms with Gasteiger partial charge in [-0.25, -0.2) is 4.79 Å². The lowest BCUT2D eigenvalue weighted by molar-refractivity contribution is 0.258. The van der Waals surface area contributed by atoms with Gasteiger partial charge in [0.2, 0.25) is 5.96 Å². The summed E-state index contributed by atoms with van der Waals surface area (Å²) >= 11 is 5.77. The van der Waals surface area contributed by atoms with Crippen molar-refractivity contribution < 1.29 is 4.79 Å². The minimum Gasteiger partial charge on any atom is -0.369 e. The molecule has 2 amide bonds. The van der Waals surface area contributed by atoms with Gasteiger partial charge in [-0.2, -0.15) is 4.99 Å². The SMILES string of the molecule is NC(=NC(=O)Nc1ccc(Cl)cc1)N1CCCCC1. The van der Waals surface area contributed by atoms with E-state index in [0.29, 0.717) is 10.7 Å². The lowest BCUT2D eigenvalue weighted by atomic mass is 10.1. The molecule has 1 aliphatic heterocycles. The molecule has 0 bridgehead atoms. The standard InChI is InChI=1S/C13H17ClN4O/c14-10-4-6-11(7-5-10)16-13(19)17-12(15)18-8-2-1-3-9-18/h4-7H,1-3,8-9H2,(H3,15,16,17,19). The van der Waals surface area contributed by atoms with Gasteiger partial charge in [0, 0.05) is 23.8 Å². The minimum absolute atomic E-state index is 0.283. The molecule has 0 atom stereocenters. The summed E-state index contributed by atoms with van der Waals surface area (Å²) in [6.07, 6.45) is 3.39. The van der Waals surface area contributed by atoms with E-state index in [4.69, 9.17) is 17.3 Å². The number of nitrogens with two attached hydrogens (primary N) is 1. The Labute approximate surface area is 117 Å². The number of nitrogens with one attached hydrogen (secondary N) is 1. The Morgan fingerprint density at radius 1 is 1.21 bits per heavy atom. The Hall–Kier alpha value is -1.75. The molecule has 0 spiro atoms. The van der Waals surface area contributed by atoms with Crippen LogP contribution < -0.4 is 11.1 Å². The third-order valence-corrected chi connectivity index (χ3v) is 3.24. The van der Waals surface area contributed by atoms with E-state index in [0.717, 1.165) is 25.9 Å². The van der Waals surface area contributed by atoms with Gasteiger partial charge in [-0.3, -0.25) is 0 Å². The zero-order chi connectivity index (χ0) is 13.7. The van der Waals surface area contributed by atoms with Crippen molar-refractivity contribution in [3.63, 3.8) is 0 Å². The molecule has 5 nitrogen and oxygen atoms in total. The Kier molecular flexibility index (Phi) is 4.63. The number of urea groups is 1. The topological polar surface area (TPSA) is 70.7 Å². The van der Waals surface area contributed by atoms with Gasteiger partial charge in [-0.15, -0.1) is 0 Å². The van der Waals surface area contributed by atoms with Gasteiger partial charge < -0.3 is 16.0 Å². The minimum atomic E-state index is -0.467. The van der Waals surface area contributed by atoms with E-state index in [-0.39, 0.29) is 5.96 Å². The van der Waals surface area contributed by atoms with Crippen molar-refractivity contribution in [2.24, 2.45) is 10.7 Å². The second kappa shape index (κ2) is 6.43. The van der Waals surface area contributed by atoms with Gasteiger partial charge in [0.05, 0.1) is 0 Å². The highest BCUT2D eigenvalue weighted by Crippen LogP contribution is 2.13. The highest BCUT2D eigenvalue weighted by molar-refractivity contribution is 6.30. The van der Waals surface area contributed by atoms with Crippen LogP contribution >= 0.6 is 11.6 Å². The van der Waals surface area contributed by atoms with E-state index in [1.807, 2.05) is 4.90 Å². The maximum atomic E-state index is 11.7. The third-order valence-electron chi connectivity index (χ3n) is 2.99. The number of halogens is 1. The Morgan fingerprint density at radius 2 is 1.84 bits per heavy atom. The molecule has 0 aromatic heterocycles. The summed E-state index contributed by atoms with van der Waals surface area (Å²) in [5.74, 6) is 0.283. The highest BCUT2D eigenvalue weighted by atomic mass is 35.5. The van der Waals surface area contributed by atoms with Gasteiger partial charge in [-0.05, 0) is 43.5 Å². The van der Waals surface area contributed by atoms with Crippen molar-refractivity contribution >= 4 is 29.3 Å². The second-order valence-corrected chi connectivity index (χ2v) is 4.89. The summed E-state index contributed by atoms with van der Waals surface area (Å²) in [6, 6.07) is 6.37. The molecule has 6 heteroatoms. The van der Waals surface area contributed by atoms with Crippen molar-refractivity contribution in [3.8, 4) is 0 Å². The summed E-state index contributed by atoms with van der Waals surface area (Å²) in [5, 5.41) is 3.27. The number of hydrogen-bond acceptors (Lipinski definition) is 1. The predicted molar refractivity (Wildman–Crippen MR) is 77.5 cm³/mol. The molecule has 1 saturated heterocycles. The lowest BCUT2D eigenvalue weighted by Crippen LogP contribution is -2.41. The predicted octanol–water partition coefficient (Wildman–Crippen LogP) is 2.67. The van der Waals surface area contributed by atoms with Crippen LogP contribution in [0.5, 0.6) is 0 Å². The van der Waals surface area contributed by atoms with E-state index in [1.54, 1.807) is 24.3 Å². The Morgan fingerprint density at radius 3 is 2.47 bits per heavy atom. The van der Waals surface area contributed by atoms with E-state index in [9.17, 15) is 4.79 Å². The Bertz CT molecular complexity index is 466.